The van der Waals surface area contributed by atoms with E-state index in [0.717, 1.165) is 10.0 Å². The molecule has 0 radical (unpaired) electrons. The van der Waals surface area contributed by atoms with E-state index in [1.165, 1.54) is 0 Å². The number of carboxylic acids is 1. The lowest BCUT2D eigenvalue weighted by atomic mass is 9.94. The third kappa shape index (κ3) is 3.73. The van der Waals surface area contributed by atoms with Crippen LogP contribution in [0.1, 0.15) is 24.3 Å². The Balaban J connectivity index is 2.06. The maximum absolute atomic E-state index is 12.0. The highest BCUT2D eigenvalue weighted by Gasteiger charge is 2.28. The van der Waals surface area contributed by atoms with Crippen molar-refractivity contribution in [3.05, 3.63) is 40.5 Å². The van der Waals surface area contributed by atoms with Crippen molar-refractivity contribution in [3.8, 4) is 11.3 Å². The van der Waals surface area contributed by atoms with Crippen LogP contribution in [0.2, 0.25) is 0 Å². The molecule has 6 nitrogen and oxygen atoms in total. The van der Waals surface area contributed by atoms with Crippen molar-refractivity contribution < 1.29 is 14.7 Å². The highest BCUT2D eigenvalue weighted by Crippen LogP contribution is 2.20. The first-order valence-electron chi connectivity index (χ1n) is 6.62. The first-order chi connectivity index (χ1) is 10.3. The van der Waals surface area contributed by atoms with Gasteiger partial charge in [0.1, 0.15) is 5.69 Å². The topological polar surface area (TPSA) is 95.1 Å². The Kier molecular flexibility index (Phi) is 4.65. The fourth-order valence-electron chi connectivity index (χ4n) is 1.68. The first kappa shape index (κ1) is 16.2. The minimum absolute atomic E-state index is 0.0355. The molecule has 3 N–H and O–H groups in total. The van der Waals surface area contributed by atoms with Crippen molar-refractivity contribution in [3.63, 3.8) is 0 Å². The number of aliphatic carboxylic acids is 1. The Morgan fingerprint density at radius 1 is 1.32 bits per heavy atom. The van der Waals surface area contributed by atoms with E-state index < -0.39 is 11.4 Å². The zero-order chi connectivity index (χ0) is 16.3. The van der Waals surface area contributed by atoms with Crippen molar-refractivity contribution in [2.45, 2.75) is 13.8 Å². The number of hydrogen-bond donors (Lipinski definition) is 3. The van der Waals surface area contributed by atoms with Crippen molar-refractivity contribution >= 4 is 27.8 Å². The molecule has 0 atom stereocenters. The SMILES string of the molecule is CC(C)(CNC(=O)c1cc(-c2ccc(Br)cc2)n[nH]1)C(=O)O. The molecule has 0 spiro atoms. The monoisotopic (exact) mass is 365 g/mol. The summed E-state index contributed by atoms with van der Waals surface area (Å²) in [5.41, 5.74) is 0.795. The van der Waals surface area contributed by atoms with Crippen LogP contribution in [0.5, 0.6) is 0 Å². The molecule has 0 saturated carbocycles. The number of aromatic amines is 1. The molecule has 2 aromatic rings. The van der Waals surface area contributed by atoms with E-state index in [4.69, 9.17) is 5.11 Å². The largest absolute Gasteiger partial charge is 0.481 e. The minimum atomic E-state index is -1.02. The van der Waals surface area contributed by atoms with Gasteiger partial charge in [-0.1, -0.05) is 28.1 Å². The molecule has 0 aliphatic rings. The lowest BCUT2D eigenvalue weighted by Gasteiger charge is -2.18. The molecule has 1 aromatic carbocycles. The van der Waals surface area contributed by atoms with Crippen LogP contribution < -0.4 is 5.32 Å². The van der Waals surface area contributed by atoms with Crippen LogP contribution in [0.4, 0.5) is 0 Å². The third-order valence-electron chi connectivity index (χ3n) is 3.23. The highest BCUT2D eigenvalue weighted by molar-refractivity contribution is 9.10. The number of nitrogens with one attached hydrogen (secondary N) is 2. The summed E-state index contributed by atoms with van der Waals surface area (Å²) < 4.78 is 0.959. The van der Waals surface area contributed by atoms with Crippen molar-refractivity contribution in [1.82, 2.24) is 15.5 Å². The average molecular weight is 366 g/mol. The number of carboxylic acid groups (broad SMARTS) is 1. The zero-order valence-electron chi connectivity index (χ0n) is 12.2. The van der Waals surface area contributed by atoms with Crippen molar-refractivity contribution in [2.75, 3.05) is 6.54 Å². The summed E-state index contributed by atoms with van der Waals surface area (Å²) in [7, 11) is 0. The summed E-state index contributed by atoms with van der Waals surface area (Å²) in [5.74, 6) is -1.35. The molecule has 0 saturated heterocycles. The normalized spacial score (nSPS) is 11.2. The van der Waals surface area contributed by atoms with Crippen LogP contribution in [-0.4, -0.2) is 33.7 Å². The summed E-state index contributed by atoms with van der Waals surface area (Å²) >= 11 is 3.36. The fraction of sp³-hybridized carbons (Fsp3) is 0.267. The van der Waals surface area contributed by atoms with Gasteiger partial charge in [-0.05, 0) is 32.0 Å². The lowest BCUT2D eigenvalue weighted by Crippen LogP contribution is -2.39. The van der Waals surface area contributed by atoms with Crippen molar-refractivity contribution in [2.24, 2.45) is 5.41 Å². The minimum Gasteiger partial charge on any atom is -0.481 e. The number of hydrogen-bond acceptors (Lipinski definition) is 3. The van der Waals surface area contributed by atoms with E-state index in [1.54, 1.807) is 19.9 Å². The summed E-state index contributed by atoms with van der Waals surface area (Å²) in [6, 6.07) is 9.18. The molecule has 0 aliphatic heterocycles. The molecule has 116 valence electrons. The van der Waals surface area contributed by atoms with Gasteiger partial charge in [-0.3, -0.25) is 14.7 Å². The second kappa shape index (κ2) is 6.31. The summed E-state index contributed by atoms with van der Waals surface area (Å²) in [5, 5.41) is 18.4. The van der Waals surface area contributed by atoms with Gasteiger partial charge in [-0.2, -0.15) is 5.10 Å². The maximum Gasteiger partial charge on any atom is 0.310 e. The van der Waals surface area contributed by atoms with Gasteiger partial charge < -0.3 is 10.4 Å². The van der Waals surface area contributed by atoms with Crippen molar-refractivity contribution in [1.29, 1.82) is 0 Å². The molecule has 0 aliphatic carbocycles. The number of halogens is 1. The number of rotatable bonds is 5. The standard InChI is InChI=1S/C15H16BrN3O3/c1-15(2,14(21)22)8-17-13(20)12-7-11(18-19-12)9-3-5-10(16)6-4-9/h3-7H,8H2,1-2H3,(H,17,20)(H,18,19)(H,21,22). The lowest BCUT2D eigenvalue weighted by molar-refractivity contribution is -0.146. The van der Waals surface area contributed by atoms with E-state index in [9.17, 15) is 9.59 Å². The Morgan fingerprint density at radius 2 is 1.95 bits per heavy atom. The third-order valence-corrected chi connectivity index (χ3v) is 3.76. The van der Waals surface area contributed by atoms with Gasteiger partial charge in [0.05, 0.1) is 11.1 Å². The van der Waals surface area contributed by atoms with E-state index in [2.05, 4.69) is 31.4 Å². The Hall–Kier alpha value is -2.15. The van der Waals surface area contributed by atoms with Crippen LogP contribution in [0.3, 0.4) is 0 Å². The number of aromatic nitrogens is 2. The first-order valence-corrected chi connectivity index (χ1v) is 7.42. The molecule has 22 heavy (non-hydrogen) atoms. The quantitative estimate of drug-likeness (QED) is 0.758. The van der Waals surface area contributed by atoms with Crippen LogP contribution in [0, 0.1) is 5.41 Å². The van der Waals surface area contributed by atoms with E-state index >= 15 is 0 Å². The van der Waals surface area contributed by atoms with Crippen LogP contribution in [-0.2, 0) is 4.79 Å². The van der Waals surface area contributed by atoms with Gasteiger partial charge in [0, 0.05) is 16.6 Å². The molecule has 1 aromatic heterocycles. The van der Waals surface area contributed by atoms with Gasteiger partial charge in [0.25, 0.3) is 5.91 Å². The zero-order valence-corrected chi connectivity index (χ0v) is 13.8. The van der Waals surface area contributed by atoms with Gasteiger partial charge in [0.2, 0.25) is 0 Å². The summed E-state index contributed by atoms with van der Waals surface area (Å²) in [4.78, 5) is 23.0. The molecule has 0 unspecified atom stereocenters. The van der Waals surface area contributed by atoms with Gasteiger partial charge in [-0.25, -0.2) is 0 Å². The molecule has 7 heteroatoms. The maximum atomic E-state index is 12.0. The number of amides is 1. The summed E-state index contributed by atoms with van der Waals surface area (Å²) in [6.45, 7) is 3.14. The molecule has 2 rings (SSSR count). The number of nitrogens with zero attached hydrogens (tertiary/aromatic N) is 1. The highest BCUT2D eigenvalue weighted by atomic mass is 79.9. The second-order valence-corrected chi connectivity index (χ2v) is 6.46. The molecule has 0 fully saturated rings. The van der Waals surface area contributed by atoms with E-state index in [0.29, 0.717) is 11.4 Å². The molecular formula is C15H16BrN3O3. The predicted molar refractivity (Wildman–Crippen MR) is 85.5 cm³/mol. The second-order valence-electron chi connectivity index (χ2n) is 5.55. The Labute approximate surface area is 136 Å². The van der Waals surface area contributed by atoms with E-state index in [1.807, 2.05) is 24.3 Å². The number of benzene rings is 1. The molecule has 1 amide bonds. The number of H-pyrrole nitrogens is 1. The van der Waals surface area contributed by atoms with Gasteiger partial charge >= 0.3 is 5.97 Å². The van der Waals surface area contributed by atoms with Gasteiger partial charge in [-0.15, -0.1) is 0 Å². The molecular weight excluding hydrogens is 350 g/mol. The number of carbonyl (C=O) groups is 2. The Morgan fingerprint density at radius 3 is 2.55 bits per heavy atom. The predicted octanol–water partition coefficient (Wildman–Crippen LogP) is 2.68. The van der Waals surface area contributed by atoms with Crippen LogP contribution in [0.15, 0.2) is 34.8 Å². The van der Waals surface area contributed by atoms with Crippen LogP contribution >= 0.6 is 15.9 Å². The smallest absolute Gasteiger partial charge is 0.310 e. The fourth-order valence-corrected chi connectivity index (χ4v) is 1.94. The van der Waals surface area contributed by atoms with Gasteiger partial charge in [0.15, 0.2) is 0 Å². The summed E-state index contributed by atoms with van der Waals surface area (Å²) in [6.07, 6.45) is 0. The molecule has 1 heterocycles. The van der Waals surface area contributed by atoms with E-state index in [-0.39, 0.29) is 12.5 Å². The number of carbonyl (C=O) groups excluding carboxylic acids is 1. The Bertz CT molecular complexity index is 692. The average Bonchev–Trinajstić information content (AvgIpc) is 2.95. The molecule has 0 bridgehead atoms. The van der Waals surface area contributed by atoms with Crippen LogP contribution in [0.25, 0.3) is 11.3 Å².